The van der Waals surface area contributed by atoms with Gasteiger partial charge in [-0.25, -0.2) is 0 Å². The SMILES string of the molecule is Cl.Cl.Cl.Cl.Cl.Cl.Cl.Cl.Cl.Cl.Cl.Cl.Cl.Cl.Cl.Cl.Cl.Cl.Cl.Cl.Cl.Cl.Cl.Cl.Cl.Cl.Cl.Cl.Cl.Cl.Cl.Cl.Cl.Cl.Cl.Cl.Cl.Cl.Cl.Cl.Cl.Cl.Cl.Cl.Cl.Cl.Cl.Cl.Cl.Cl.Cl.Cl.Cl.Cl.Cl.N.N.N.N.N.N.N.N.N.N.N.N.N.N.N.N.N.N.N.N.N.N.N.N.N.N.N.N.N.N.N.N.N.N.N.N.N.N.N.N.N.N.N.N.N.N.N.N.N.N. The predicted molar refractivity (Wildman–Crippen MR) is 650 cm³/mol. The molecular formula is H205Cl55N50. The van der Waals surface area contributed by atoms with Gasteiger partial charge < -0.3 is 308 Å². The first kappa shape index (κ1) is 8500. The first-order valence-electron chi connectivity index (χ1n) is 0. The summed E-state index contributed by atoms with van der Waals surface area (Å²) in [6.07, 6.45) is 0. The maximum absolute atomic E-state index is 0. The van der Waals surface area contributed by atoms with E-state index in [2.05, 4.69) is 0 Å². The summed E-state index contributed by atoms with van der Waals surface area (Å²) in [4.78, 5) is 0. The molecule has 0 aromatic carbocycles. The van der Waals surface area contributed by atoms with E-state index in [1.807, 2.05) is 0 Å². The van der Waals surface area contributed by atoms with Gasteiger partial charge in [0.1, 0.15) is 0 Å². The van der Waals surface area contributed by atoms with Gasteiger partial charge in [0.05, 0.1) is 0 Å². The quantitative estimate of drug-likeness (QED) is 0.107. The minimum atomic E-state index is 0. The van der Waals surface area contributed by atoms with Crippen molar-refractivity contribution in [3.63, 3.8) is 0 Å². The predicted octanol–water partition coefficient (Wildman–Crippen LogP) is 31.3. The highest BCUT2D eigenvalue weighted by Gasteiger charge is -0.0798. The van der Waals surface area contributed by atoms with Crippen LogP contribution < -0.4 is 308 Å². The van der Waals surface area contributed by atoms with Crippen LogP contribution in [0.2, 0.25) is 0 Å². The molecule has 0 aliphatic carbocycles. The van der Waals surface area contributed by atoms with Crippen LogP contribution >= 0.6 is 682 Å². The Hall–Kier alpha value is 14.0. The molecule has 150 N–H and O–H groups in total. The molecule has 50 nitrogen and oxygen atoms in total. The van der Waals surface area contributed by atoms with Crippen molar-refractivity contribution in [2.45, 2.75) is 0 Å². The third kappa shape index (κ3) is 8150. The summed E-state index contributed by atoms with van der Waals surface area (Å²) in [7, 11) is 0. The average molecular weight is 2860 g/mol. The summed E-state index contributed by atoms with van der Waals surface area (Å²) in [5.41, 5.74) is 0. The van der Waals surface area contributed by atoms with Crippen molar-refractivity contribution in [1.82, 2.24) is 308 Å². The Balaban J connectivity index is 0. The molecule has 840 valence electrons. The lowest BCUT2D eigenvalue weighted by Crippen LogP contribution is -0.482. The maximum Gasteiger partial charge on any atom is -0.147 e. The second kappa shape index (κ2) is 8290. The van der Waals surface area contributed by atoms with Crippen LogP contribution in [0.5, 0.6) is 0 Å². The lowest BCUT2D eigenvalue weighted by molar-refractivity contribution is 2.13. The summed E-state index contributed by atoms with van der Waals surface area (Å²) >= 11 is 0. The molecule has 0 saturated carbocycles. The van der Waals surface area contributed by atoms with E-state index in [1.54, 1.807) is 0 Å². The standard InChI is InChI=1S/55ClH.50H3N/h55*1H;50*1H3. The number of hydrogen-bond donors (Lipinski definition) is 50. The Kier molecular flexibility index (Phi) is 671000. The third-order valence-corrected chi connectivity index (χ3v) is 0. The second-order valence-corrected chi connectivity index (χ2v) is 0. The van der Waals surface area contributed by atoms with Crippen LogP contribution in [0.15, 0.2) is 0 Å². The smallest absolute Gasteiger partial charge is 0.147 e. The molecule has 0 aliphatic rings. The van der Waals surface area contributed by atoms with E-state index < -0.39 is 0 Å². The van der Waals surface area contributed by atoms with Crippen LogP contribution in [0.25, 0.3) is 0 Å². The van der Waals surface area contributed by atoms with E-state index >= 15 is 0 Å². The Labute approximate surface area is 977 Å². The van der Waals surface area contributed by atoms with Crippen LogP contribution in [0.3, 0.4) is 0 Å². The summed E-state index contributed by atoms with van der Waals surface area (Å²) < 4.78 is 0. The van der Waals surface area contributed by atoms with E-state index in [0.717, 1.165) is 0 Å². The van der Waals surface area contributed by atoms with Crippen molar-refractivity contribution in [3.05, 3.63) is 0 Å². The van der Waals surface area contributed by atoms with Gasteiger partial charge in [0, 0.05) is 0 Å². The van der Waals surface area contributed by atoms with Crippen molar-refractivity contribution in [1.29, 1.82) is 0 Å². The van der Waals surface area contributed by atoms with E-state index in [1.165, 1.54) is 0 Å². The van der Waals surface area contributed by atoms with Crippen molar-refractivity contribution >= 4 is 682 Å². The molecule has 0 spiro atoms. The van der Waals surface area contributed by atoms with Gasteiger partial charge in [-0.05, 0) is 0 Å². The first-order valence-corrected chi connectivity index (χ1v) is 0. The molecule has 105 heteroatoms. The fraction of sp³-hybridized carbons (Fsp3) is 0. The Morgan fingerprint density at radius 2 is 0.0190 bits per heavy atom. The van der Waals surface area contributed by atoms with Crippen molar-refractivity contribution in [3.8, 4) is 0 Å². The maximum atomic E-state index is 0. The topological polar surface area (TPSA) is 1750 Å². The molecule has 0 aliphatic heterocycles. The van der Waals surface area contributed by atoms with Gasteiger partial charge >= 0.3 is 0 Å². The van der Waals surface area contributed by atoms with Crippen LogP contribution in [0, 0.1) is 0 Å². The van der Waals surface area contributed by atoms with Crippen LogP contribution in [-0.4, -0.2) is 0 Å². The lowest BCUT2D eigenvalue weighted by atomic mass is 14.0. The van der Waals surface area contributed by atoms with Crippen molar-refractivity contribution in [2.24, 2.45) is 0 Å². The fourth-order valence-corrected chi connectivity index (χ4v) is 0. The molecule has 0 atom stereocenters. The van der Waals surface area contributed by atoms with Crippen LogP contribution in [0.1, 0.15) is 0 Å². The highest BCUT2D eigenvalue weighted by molar-refractivity contribution is 5.91. The second-order valence-electron chi connectivity index (χ2n) is 0. The Morgan fingerprint density at radius 3 is 0.0190 bits per heavy atom. The lowest BCUT2D eigenvalue weighted by Gasteiger charge is -0.345. The molecule has 0 aromatic heterocycles. The molecule has 0 heterocycles. The molecular weight excluding hydrogens is 2650 g/mol. The number of rotatable bonds is 0. The minimum absolute atomic E-state index is 0. The highest BCUT2D eigenvalue weighted by Crippen LogP contribution is 0.746. The Morgan fingerprint density at radius 1 is 0.0190 bits per heavy atom. The molecule has 0 fully saturated rings. The molecule has 0 saturated heterocycles. The van der Waals surface area contributed by atoms with Gasteiger partial charge in [0.15, 0.2) is 0 Å². The first-order chi connectivity index (χ1) is 0. The molecule has 105 heavy (non-hydrogen) atoms. The number of halogens is 55. The van der Waals surface area contributed by atoms with Gasteiger partial charge in [-0.15, -0.1) is 682 Å². The van der Waals surface area contributed by atoms with Crippen LogP contribution in [0.4, 0.5) is 0 Å². The third-order valence-electron chi connectivity index (χ3n) is 0. The van der Waals surface area contributed by atoms with Crippen LogP contribution in [-0.2, 0) is 0 Å². The van der Waals surface area contributed by atoms with Gasteiger partial charge in [-0.1, -0.05) is 0 Å². The van der Waals surface area contributed by atoms with Crippen molar-refractivity contribution in [2.75, 3.05) is 0 Å². The monoisotopic (exact) mass is 2830 g/mol. The summed E-state index contributed by atoms with van der Waals surface area (Å²) in [5.74, 6) is 0. The Bertz CT molecular complexity index is 105. The molecule has 0 aromatic rings. The molecule has 0 radical (unpaired) electrons. The zero-order valence-electron chi connectivity index (χ0n) is 57.8. The largest absolute Gasteiger partial charge is 0.344 e. The fourth-order valence-electron chi connectivity index (χ4n) is 0. The zero-order valence-corrected chi connectivity index (χ0v) is 103. The average Bonchev–Trinajstić information content (AvgIpc) is 0. The van der Waals surface area contributed by atoms with Gasteiger partial charge in [0.2, 0.25) is 0 Å². The molecule has 0 bridgehead atoms. The normalized spacial score (nSPS) is 0. The molecule has 0 amide bonds. The zero-order chi connectivity index (χ0) is 0. The minimum Gasteiger partial charge on any atom is -0.344 e. The molecule has 0 unspecified atom stereocenters. The summed E-state index contributed by atoms with van der Waals surface area (Å²) in [6, 6.07) is 0. The van der Waals surface area contributed by atoms with Gasteiger partial charge in [-0.2, -0.15) is 0 Å². The van der Waals surface area contributed by atoms with E-state index in [0.29, 0.717) is 0 Å². The highest BCUT2D eigenvalue weighted by atomic mass is 35.5. The molecule has 0 rings (SSSR count). The number of hydrogen-bond acceptors (Lipinski definition) is 50. The summed E-state index contributed by atoms with van der Waals surface area (Å²) in [5, 5.41) is 0. The van der Waals surface area contributed by atoms with E-state index in [-0.39, 0.29) is 990 Å². The van der Waals surface area contributed by atoms with E-state index in [9.17, 15) is 0 Å². The van der Waals surface area contributed by atoms with Gasteiger partial charge in [0.25, 0.3) is 0 Å². The van der Waals surface area contributed by atoms with E-state index in [4.69, 9.17) is 0 Å². The summed E-state index contributed by atoms with van der Waals surface area (Å²) in [6.45, 7) is 0. The van der Waals surface area contributed by atoms with Crippen molar-refractivity contribution < 1.29 is 0 Å². The van der Waals surface area contributed by atoms with Gasteiger partial charge in [-0.3, -0.25) is 0 Å².